The van der Waals surface area contributed by atoms with Crippen molar-refractivity contribution in [2.45, 2.75) is 6.54 Å². The van der Waals surface area contributed by atoms with Crippen LogP contribution in [0.1, 0.15) is 15.9 Å². The van der Waals surface area contributed by atoms with Gasteiger partial charge in [-0.3, -0.25) is 18.7 Å². The van der Waals surface area contributed by atoms with Crippen LogP contribution in [0.15, 0.2) is 78.1 Å². The molecule has 4 aromatic rings. The molecular formula is C19H15N5O2. The molecule has 1 amide bonds. The third-order valence-corrected chi connectivity index (χ3v) is 3.94. The number of fused-ring (bicyclic) bond motifs is 1. The molecule has 3 aromatic heterocycles. The van der Waals surface area contributed by atoms with E-state index in [0.717, 1.165) is 5.56 Å². The van der Waals surface area contributed by atoms with E-state index in [0.29, 0.717) is 17.8 Å². The third kappa shape index (κ3) is 3.10. The lowest BCUT2D eigenvalue weighted by atomic mass is 10.2. The number of rotatable bonds is 4. The molecule has 0 spiro atoms. The summed E-state index contributed by atoms with van der Waals surface area (Å²) in [5, 5.41) is 6.81. The number of anilines is 1. The molecule has 0 aliphatic heterocycles. The Morgan fingerprint density at radius 3 is 2.69 bits per heavy atom. The first-order chi connectivity index (χ1) is 12.7. The Hall–Kier alpha value is -3.74. The zero-order valence-corrected chi connectivity index (χ0v) is 13.7. The number of aromatic nitrogens is 4. The number of nitrogens with one attached hydrogen (secondary N) is 1. The van der Waals surface area contributed by atoms with E-state index in [9.17, 15) is 9.59 Å². The van der Waals surface area contributed by atoms with Crippen molar-refractivity contribution >= 4 is 17.2 Å². The van der Waals surface area contributed by atoms with Crippen LogP contribution in [0.3, 0.4) is 0 Å². The summed E-state index contributed by atoms with van der Waals surface area (Å²) in [7, 11) is 0. The van der Waals surface area contributed by atoms with E-state index in [4.69, 9.17) is 0 Å². The first-order valence-corrected chi connectivity index (χ1v) is 8.05. The minimum absolute atomic E-state index is 0.120. The molecule has 128 valence electrons. The lowest BCUT2D eigenvalue weighted by molar-refractivity contribution is 0.102. The molecule has 0 fully saturated rings. The number of carbonyl (C=O) groups is 1. The molecule has 0 atom stereocenters. The van der Waals surface area contributed by atoms with Gasteiger partial charge in [-0.2, -0.15) is 5.10 Å². The number of benzene rings is 1. The normalized spacial score (nSPS) is 10.8. The molecule has 0 saturated carbocycles. The van der Waals surface area contributed by atoms with Crippen molar-refractivity contribution in [3.63, 3.8) is 0 Å². The maximum Gasteiger partial charge on any atom is 0.281 e. The van der Waals surface area contributed by atoms with E-state index >= 15 is 0 Å². The highest BCUT2D eigenvalue weighted by atomic mass is 16.2. The van der Waals surface area contributed by atoms with Crippen molar-refractivity contribution in [2.24, 2.45) is 0 Å². The van der Waals surface area contributed by atoms with E-state index in [1.54, 1.807) is 35.3 Å². The number of carbonyl (C=O) groups excluding carboxylic acids is 1. The van der Waals surface area contributed by atoms with Gasteiger partial charge in [0.1, 0.15) is 11.3 Å². The highest BCUT2D eigenvalue weighted by Gasteiger charge is 2.12. The molecule has 0 aliphatic carbocycles. The predicted molar refractivity (Wildman–Crippen MR) is 97.2 cm³/mol. The molecule has 7 nitrogen and oxygen atoms in total. The average molecular weight is 345 g/mol. The van der Waals surface area contributed by atoms with E-state index < -0.39 is 5.91 Å². The Labute approximate surface area is 148 Å². The summed E-state index contributed by atoms with van der Waals surface area (Å²) in [5.41, 5.74) is 1.76. The second kappa shape index (κ2) is 6.64. The Morgan fingerprint density at radius 1 is 1.04 bits per heavy atom. The Kier molecular flexibility index (Phi) is 4.03. The predicted octanol–water partition coefficient (Wildman–Crippen LogP) is 2.19. The minimum Gasteiger partial charge on any atom is -0.316 e. The molecule has 26 heavy (non-hydrogen) atoms. The fourth-order valence-electron chi connectivity index (χ4n) is 2.64. The summed E-state index contributed by atoms with van der Waals surface area (Å²) in [5.74, 6) is -0.404. The van der Waals surface area contributed by atoms with Gasteiger partial charge in [0.2, 0.25) is 0 Å². The molecule has 7 heteroatoms. The van der Waals surface area contributed by atoms with Crippen molar-refractivity contribution in [1.29, 1.82) is 0 Å². The van der Waals surface area contributed by atoms with Gasteiger partial charge in [0, 0.05) is 12.4 Å². The highest BCUT2D eigenvalue weighted by Crippen LogP contribution is 2.07. The first kappa shape index (κ1) is 15.8. The van der Waals surface area contributed by atoms with Gasteiger partial charge < -0.3 is 5.32 Å². The molecule has 1 N–H and O–H groups in total. The fraction of sp³-hybridized carbons (Fsp3) is 0.0526. The van der Waals surface area contributed by atoms with Crippen LogP contribution in [-0.2, 0) is 6.54 Å². The summed E-state index contributed by atoms with van der Waals surface area (Å²) in [6.07, 6.45) is 6.10. The lowest BCUT2D eigenvalue weighted by Gasteiger charge is -2.05. The summed E-state index contributed by atoms with van der Waals surface area (Å²) in [6, 6.07) is 15.1. The standard InChI is InChI=1S/C19H15N5O2/c25-18(15-10-21-23(13-15)12-14-6-2-1-3-7-14)22-16-11-20-17-8-4-5-9-24(17)19(16)26/h1-11,13H,12H2,(H,22,25). The van der Waals surface area contributed by atoms with Crippen LogP contribution in [-0.4, -0.2) is 25.1 Å². The van der Waals surface area contributed by atoms with Crippen molar-refractivity contribution in [3.05, 3.63) is 94.8 Å². The smallest absolute Gasteiger partial charge is 0.281 e. The van der Waals surface area contributed by atoms with Gasteiger partial charge in [-0.05, 0) is 17.7 Å². The van der Waals surface area contributed by atoms with Crippen LogP contribution >= 0.6 is 0 Å². The molecule has 0 radical (unpaired) electrons. The van der Waals surface area contributed by atoms with E-state index in [2.05, 4.69) is 15.4 Å². The molecule has 1 aromatic carbocycles. The van der Waals surface area contributed by atoms with Crippen molar-refractivity contribution in [2.75, 3.05) is 5.32 Å². The van der Waals surface area contributed by atoms with Crippen LogP contribution in [0.2, 0.25) is 0 Å². The monoisotopic (exact) mass is 345 g/mol. The zero-order chi connectivity index (χ0) is 17.9. The molecule has 0 saturated heterocycles. The van der Waals surface area contributed by atoms with Gasteiger partial charge in [-0.1, -0.05) is 36.4 Å². The number of hydrogen-bond donors (Lipinski definition) is 1. The van der Waals surface area contributed by atoms with Gasteiger partial charge in [0.05, 0.1) is 24.5 Å². The molecule has 0 aliphatic rings. The SMILES string of the molecule is O=C(Nc1cnc2ccccn2c1=O)c1cnn(Cc2ccccc2)c1. The zero-order valence-electron chi connectivity index (χ0n) is 13.7. The number of hydrogen-bond acceptors (Lipinski definition) is 4. The van der Waals surface area contributed by atoms with Crippen LogP contribution in [0.4, 0.5) is 5.69 Å². The van der Waals surface area contributed by atoms with Crippen LogP contribution in [0, 0.1) is 0 Å². The lowest BCUT2D eigenvalue weighted by Crippen LogP contribution is -2.23. The van der Waals surface area contributed by atoms with Crippen molar-refractivity contribution in [3.8, 4) is 0 Å². The molecule has 3 heterocycles. The maximum atomic E-state index is 12.4. The fourth-order valence-corrected chi connectivity index (χ4v) is 2.64. The summed E-state index contributed by atoms with van der Waals surface area (Å²) in [4.78, 5) is 29.0. The minimum atomic E-state index is -0.404. The third-order valence-electron chi connectivity index (χ3n) is 3.94. The largest absolute Gasteiger partial charge is 0.316 e. The maximum absolute atomic E-state index is 12.4. The Morgan fingerprint density at radius 2 is 1.85 bits per heavy atom. The number of nitrogens with zero attached hydrogens (tertiary/aromatic N) is 4. The van der Waals surface area contributed by atoms with E-state index in [1.807, 2.05) is 30.3 Å². The second-order valence-electron chi connectivity index (χ2n) is 5.77. The van der Waals surface area contributed by atoms with Gasteiger partial charge in [0.15, 0.2) is 0 Å². The van der Waals surface area contributed by atoms with Crippen LogP contribution < -0.4 is 10.9 Å². The van der Waals surface area contributed by atoms with Crippen molar-refractivity contribution in [1.82, 2.24) is 19.2 Å². The first-order valence-electron chi connectivity index (χ1n) is 8.05. The molecule has 0 unspecified atom stereocenters. The summed E-state index contributed by atoms with van der Waals surface area (Å²) < 4.78 is 3.06. The summed E-state index contributed by atoms with van der Waals surface area (Å²) in [6.45, 7) is 0.564. The summed E-state index contributed by atoms with van der Waals surface area (Å²) >= 11 is 0. The molecule has 0 bridgehead atoms. The molecular weight excluding hydrogens is 330 g/mol. The van der Waals surface area contributed by atoms with Crippen molar-refractivity contribution < 1.29 is 4.79 Å². The Balaban J connectivity index is 1.54. The quantitative estimate of drug-likeness (QED) is 0.615. The average Bonchev–Trinajstić information content (AvgIpc) is 3.14. The van der Waals surface area contributed by atoms with E-state index in [-0.39, 0.29) is 11.2 Å². The van der Waals surface area contributed by atoms with Gasteiger partial charge in [0.25, 0.3) is 11.5 Å². The van der Waals surface area contributed by atoms with Gasteiger partial charge in [-0.25, -0.2) is 4.98 Å². The van der Waals surface area contributed by atoms with Crippen LogP contribution in [0.25, 0.3) is 5.65 Å². The van der Waals surface area contributed by atoms with Gasteiger partial charge >= 0.3 is 0 Å². The number of amides is 1. The second-order valence-corrected chi connectivity index (χ2v) is 5.77. The van der Waals surface area contributed by atoms with Crippen LogP contribution in [0.5, 0.6) is 0 Å². The Bertz CT molecular complexity index is 1130. The topological polar surface area (TPSA) is 81.3 Å². The molecule has 4 rings (SSSR count). The van der Waals surface area contributed by atoms with Gasteiger partial charge in [-0.15, -0.1) is 0 Å². The highest BCUT2D eigenvalue weighted by molar-refractivity contribution is 6.03. The number of pyridine rings is 1. The van der Waals surface area contributed by atoms with E-state index in [1.165, 1.54) is 16.8 Å².